The molecule has 0 aliphatic heterocycles. The van der Waals surface area contributed by atoms with Crippen molar-refractivity contribution in [2.24, 2.45) is 0 Å². The number of fused-ring (bicyclic) bond motifs is 1. The Bertz CT molecular complexity index is 483. The zero-order valence-electron chi connectivity index (χ0n) is 7.89. The molecule has 2 aromatic heterocycles. The van der Waals surface area contributed by atoms with Crippen LogP contribution < -0.4 is 0 Å². The molecule has 2 N–H and O–H groups in total. The van der Waals surface area contributed by atoms with E-state index >= 15 is 0 Å². The van der Waals surface area contributed by atoms with Crippen molar-refractivity contribution in [2.75, 3.05) is 6.61 Å². The van der Waals surface area contributed by atoms with E-state index in [-0.39, 0.29) is 17.5 Å². The van der Waals surface area contributed by atoms with Crippen molar-refractivity contribution in [1.82, 2.24) is 14.6 Å². The molecule has 0 atom stereocenters. The van der Waals surface area contributed by atoms with Crippen molar-refractivity contribution in [3.05, 3.63) is 23.1 Å². The maximum absolute atomic E-state index is 9.86. The van der Waals surface area contributed by atoms with Gasteiger partial charge in [0, 0.05) is 24.6 Å². The number of halogens is 1. The van der Waals surface area contributed by atoms with E-state index in [0.29, 0.717) is 24.1 Å². The molecule has 0 saturated heterocycles. The van der Waals surface area contributed by atoms with E-state index in [0.717, 1.165) is 0 Å². The van der Waals surface area contributed by atoms with Gasteiger partial charge in [-0.1, -0.05) is 11.6 Å². The second-order valence-electron chi connectivity index (χ2n) is 3.14. The molecule has 0 aliphatic carbocycles. The summed E-state index contributed by atoms with van der Waals surface area (Å²) in [7, 11) is 0. The lowest BCUT2D eigenvalue weighted by Gasteiger charge is -2.06. The van der Waals surface area contributed by atoms with Crippen LogP contribution >= 0.6 is 11.6 Å². The number of aliphatic hydroxyl groups is 1. The minimum absolute atomic E-state index is 0.0356. The molecule has 0 spiro atoms. The summed E-state index contributed by atoms with van der Waals surface area (Å²) in [4.78, 5) is 3.96. The highest BCUT2D eigenvalue weighted by molar-refractivity contribution is 6.30. The summed E-state index contributed by atoms with van der Waals surface area (Å²) in [6, 6.07) is 0. The zero-order chi connectivity index (χ0) is 10.8. The van der Waals surface area contributed by atoms with Crippen LogP contribution in [-0.4, -0.2) is 31.4 Å². The van der Waals surface area contributed by atoms with Gasteiger partial charge in [-0.25, -0.2) is 9.50 Å². The summed E-state index contributed by atoms with van der Waals surface area (Å²) in [6.45, 7) is 0.0510. The first-order chi connectivity index (χ1) is 7.24. The maximum atomic E-state index is 9.86. The van der Waals surface area contributed by atoms with Gasteiger partial charge in [0.05, 0.1) is 0 Å². The largest absolute Gasteiger partial charge is 0.504 e. The first-order valence-electron chi connectivity index (χ1n) is 4.55. The molecular formula is C9H10ClN3O2. The van der Waals surface area contributed by atoms with E-state index in [1.54, 1.807) is 6.20 Å². The summed E-state index contributed by atoms with van der Waals surface area (Å²) >= 11 is 5.90. The third-order valence-electron chi connectivity index (χ3n) is 2.15. The van der Waals surface area contributed by atoms with Crippen LogP contribution in [-0.2, 0) is 6.42 Å². The predicted octanol–water partition coefficient (Wildman–Crippen LogP) is 1.01. The van der Waals surface area contributed by atoms with Gasteiger partial charge in [-0.2, -0.15) is 5.10 Å². The van der Waals surface area contributed by atoms with Crippen LogP contribution in [0.2, 0.25) is 5.15 Å². The molecule has 5 nitrogen and oxygen atoms in total. The topological polar surface area (TPSA) is 70.7 Å². The number of hydrogen-bond acceptors (Lipinski definition) is 4. The van der Waals surface area contributed by atoms with Gasteiger partial charge in [0.2, 0.25) is 0 Å². The Kier molecular flexibility index (Phi) is 2.75. The monoisotopic (exact) mass is 227 g/mol. The Morgan fingerprint density at radius 3 is 3.00 bits per heavy atom. The molecule has 2 heterocycles. The lowest BCUT2D eigenvalue weighted by atomic mass is 10.1. The number of hydrogen-bond donors (Lipinski definition) is 2. The lowest BCUT2D eigenvalue weighted by molar-refractivity contribution is 0.288. The summed E-state index contributed by atoms with van der Waals surface area (Å²) < 4.78 is 1.42. The van der Waals surface area contributed by atoms with Crippen LogP contribution in [0.25, 0.3) is 5.65 Å². The first kappa shape index (κ1) is 10.2. The average Bonchev–Trinajstić information content (AvgIpc) is 2.65. The number of nitrogens with zero attached hydrogens (tertiary/aromatic N) is 3. The normalized spacial score (nSPS) is 11.1. The highest BCUT2D eigenvalue weighted by atomic mass is 35.5. The van der Waals surface area contributed by atoms with Crippen molar-refractivity contribution in [1.29, 1.82) is 0 Å². The fourth-order valence-electron chi connectivity index (χ4n) is 1.41. The van der Waals surface area contributed by atoms with Gasteiger partial charge in [-0.05, 0) is 12.8 Å². The average molecular weight is 228 g/mol. The second-order valence-corrected chi connectivity index (χ2v) is 3.50. The molecule has 2 rings (SSSR count). The van der Waals surface area contributed by atoms with E-state index in [9.17, 15) is 5.11 Å². The molecule has 0 aliphatic rings. The minimum atomic E-state index is 0.0356. The zero-order valence-corrected chi connectivity index (χ0v) is 8.65. The summed E-state index contributed by atoms with van der Waals surface area (Å²) in [5.74, 6) is 0.0356. The predicted molar refractivity (Wildman–Crippen MR) is 55.1 cm³/mol. The Morgan fingerprint density at radius 1 is 1.47 bits per heavy atom. The fraction of sp³-hybridized carbons (Fsp3) is 0.333. The number of aliphatic hydroxyl groups excluding tert-OH is 1. The SMILES string of the molecule is OCCCc1c(Cl)nn2ccnc2c1O. The number of aromatic nitrogens is 3. The van der Waals surface area contributed by atoms with Crippen LogP contribution in [0, 0.1) is 0 Å². The quantitative estimate of drug-likeness (QED) is 0.821. The number of imidazole rings is 1. The van der Waals surface area contributed by atoms with Crippen LogP contribution in [0.15, 0.2) is 12.4 Å². The molecular weight excluding hydrogens is 218 g/mol. The third-order valence-corrected chi connectivity index (χ3v) is 2.45. The fourth-order valence-corrected chi connectivity index (χ4v) is 1.68. The molecule has 0 amide bonds. The van der Waals surface area contributed by atoms with Gasteiger partial charge >= 0.3 is 0 Å². The molecule has 0 bridgehead atoms. The molecule has 0 radical (unpaired) electrons. The molecule has 0 unspecified atom stereocenters. The summed E-state index contributed by atoms with van der Waals surface area (Å²) in [5, 5.41) is 22.8. The summed E-state index contributed by atoms with van der Waals surface area (Å²) in [6.07, 6.45) is 4.16. The van der Waals surface area contributed by atoms with E-state index in [1.165, 1.54) is 10.7 Å². The second kappa shape index (κ2) is 4.04. The van der Waals surface area contributed by atoms with E-state index in [4.69, 9.17) is 16.7 Å². The lowest BCUT2D eigenvalue weighted by Crippen LogP contribution is -1.99. The molecule has 0 saturated carbocycles. The molecule has 15 heavy (non-hydrogen) atoms. The van der Waals surface area contributed by atoms with Gasteiger partial charge in [0.1, 0.15) is 0 Å². The summed E-state index contributed by atoms with van der Waals surface area (Å²) in [5.41, 5.74) is 0.914. The van der Waals surface area contributed by atoms with Gasteiger partial charge < -0.3 is 10.2 Å². The Hall–Kier alpha value is -1.33. The smallest absolute Gasteiger partial charge is 0.196 e. The minimum Gasteiger partial charge on any atom is -0.504 e. The van der Waals surface area contributed by atoms with Crippen LogP contribution in [0.4, 0.5) is 0 Å². The highest BCUT2D eigenvalue weighted by Gasteiger charge is 2.13. The van der Waals surface area contributed by atoms with Crippen LogP contribution in [0.3, 0.4) is 0 Å². The Morgan fingerprint density at radius 2 is 2.27 bits per heavy atom. The maximum Gasteiger partial charge on any atom is 0.196 e. The van der Waals surface area contributed by atoms with E-state index in [1.807, 2.05) is 0 Å². The standard InChI is InChI=1S/C9H10ClN3O2/c10-8-6(2-1-5-14)7(15)9-11-3-4-13(9)12-8/h3-4,14-15H,1-2,5H2. The Balaban J connectivity index is 2.52. The highest BCUT2D eigenvalue weighted by Crippen LogP contribution is 2.28. The molecule has 80 valence electrons. The Labute approximate surface area is 90.9 Å². The molecule has 2 aromatic rings. The molecule has 0 aromatic carbocycles. The van der Waals surface area contributed by atoms with Gasteiger partial charge in [0.15, 0.2) is 16.5 Å². The van der Waals surface area contributed by atoms with Gasteiger partial charge in [-0.15, -0.1) is 0 Å². The first-order valence-corrected chi connectivity index (χ1v) is 4.93. The van der Waals surface area contributed by atoms with Crippen molar-refractivity contribution in [2.45, 2.75) is 12.8 Å². The van der Waals surface area contributed by atoms with Crippen LogP contribution in [0.5, 0.6) is 5.75 Å². The van der Waals surface area contributed by atoms with Crippen molar-refractivity contribution in [3.8, 4) is 5.75 Å². The molecule has 0 fully saturated rings. The van der Waals surface area contributed by atoms with Gasteiger partial charge in [-0.3, -0.25) is 0 Å². The molecule has 6 heteroatoms. The van der Waals surface area contributed by atoms with E-state index in [2.05, 4.69) is 10.1 Å². The van der Waals surface area contributed by atoms with Crippen molar-refractivity contribution >= 4 is 17.2 Å². The van der Waals surface area contributed by atoms with E-state index < -0.39 is 0 Å². The third kappa shape index (κ3) is 1.75. The number of rotatable bonds is 3. The van der Waals surface area contributed by atoms with Crippen molar-refractivity contribution in [3.63, 3.8) is 0 Å². The van der Waals surface area contributed by atoms with Crippen LogP contribution in [0.1, 0.15) is 12.0 Å². The van der Waals surface area contributed by atoms with Gasteiger partial charge in [0.25, 0.3) is 0 Å². The van der Waals surface area contributed by atoms with Crippen molar-refractivity contribution < 1.29 is 10.2 Å². The number of aromatic hydroxyl groups is 1.